The first-order valence-electron chi connectivity index (χ1n) is 4.82. The molecule has 1 aromatic carbocycles. The van der Waals surface area contributed by atoms with E-state index in [0.29, 0.717) is 0 Å². The van der Waals surface area contributed by atoms with Crippen LogP contribution in [0.15, 0.2) is 30.3 Å². The zero-order chi connectivity index (χ0) is 12.8. The minimum atomic E-state index is -1.67. The number of carbonyl (C=O) groups is 4. The van der Waals surface area contributed by atoms with Crippen molar-refractivity contribution in [3.8, 4) is 5.75 Å². The molecule has 0 aliphatic carbocycles. The highest BCUT2D eigenvalue weighted by Gasteiger charge is 2.32. The molecule has 0 bridgehead atoms. The number of Topliss-reactive ketones (excluding diaryl/α,β-unsaturated/α-hetero) is 2. The molecule has 88 valence electrons. The third-order valence-electron chi connectivity index (χ3n) is 2.00. The van der Waals surface area contributed by atoms with Gasteiger partial charge in [-0.25, -0.2) is 0 Å². The van der Waals surface area contributed by atoms with Crippen molar-refractivity contribution in [2.75, 3.05) is 0 Å². The van der Waals surface area contributed by atoms with Gasteiger partial charge in [0.05, 0.1) is 0 Å². The summed E-state index contributed by atoms with van der Waals surface area (Å²) in [6.07, 6.45) is -0.0572. The molecule has 0 amide bonds. The predicted molar refractivity (Wildman–Crippen MR) is 57.3 cm³/mol. The van der Waals surface area contributed by atoms with Crippen molar-refractivity contribution in [1.29, 1.82) is 0 Å². The maximum absolute atomic E-state index is 11.5. The van der Waals surface area contributed by atoms with Gasteiger partial charge in [-0.3, -0.25) is 19.2 Å². The van der Waals surface area contributed by atoms with Gasteiger partial charge < -0.3 is 4.74 Å². The maximum Gasteiger partial charge on any atom is 0.330 e. The van der Waals surface area contributed by atoms with Crippen LogP contribution < -0.4 is 4.74 Å². The molecule has 5 heteroatoms. The molecule has 0 radical (unpaired) electrons. The second-order valence-electron chi connectivity index (χ2n) is 3.30. The van der Waals surface area contributed by atoms with Crippen molar-refractivity contribution in [3.63, 3.8) is 0 Å². The number of ketones is 2. The largest absolute Gasteiger partial charge is 0.426 e. The lowest BCUT2D eigenvalue weighted by Gasteiger charge is -2.08. The van der Waals surface area contributed by atoms with E-state index in [1.54, 1.807) is 18.2 Å². The Bertz CT molecular complexity index is 449. The highest BCUT2D eigenvalue weighted by atomic mass is 16.5. The first kappa shape index (κ1) is 12.8. The van der Waals surface area contributed by atoms with Gasteiger partial charge in [-0.2, -0.15) is 0 Å². The molecule has 1 aromatic rings. The second-order valence-corrected chi connectivity index (χ2v) is 3.30. The van der Waals surface area contributed by atoms with Crippen LogP contribution in [-0.2, 0) is 19.2 Å². The lowest BCUT2D eigenvalue weighted by molar-refractivity contribution is -0.149. The predicted octanol–water partition coefficient (Wildman–Crippen LogP) is 0.565. The lowest BCUT2D eigenvalue weighted by Crippen LogP contribution is -2.34. The van der Waals surface area contributed by atoms with Crippen LogP contribution in [0.1, 0.15) is 6.92 Å². The Kier molecular flexibility index (Phi) is 4.28. The molecule has 0 aromatic heterocycles. The van der Waals surface area contributed by atoms with Crippen LogP contribution in [0.25, 0.3) is 0 Å². The molecule has 0 heterocycles. The zero-order valence-corrected chi connectivity index (χ0v) is 9.08. The third-order valence-corrected chi connectivity index (χ3v) is 2.00. The van der Waals surface area contributed by atoms with Gasteiger partial charge in [0.2, 0.25) is 5.78 Å². The zero-order valence-electron chi connectivity index (χ0n) is 9.08. The molecular weight excluding hydrogens is 224 g/mol. The van der Waals surface area contributed by atoms with Gasteiger partial charge in [-0.15, -0.1) is 0 Å². The third kappa shape index (κ3) is 3.34. The Labute approximate surface area is 97.4 Å². The summed E-state index contributed by atoms with van der Waals surface area (Å²) in [7, 11) is 0. The highest BCUT2D eigenvalue weighted by molar-refractivity contribution is 6.37. The Hall–Kier alpha value is -2.30. The van der Waals surface area contributed by atoms with Gasteiger partial charge in [-0.05, 0) is 19.1 Å². The second kappa shape index (κ2) is 5.69. The Balaban J connectivity index is 2.83. The highest BCUT2D eigenvalue weighted by Crippen LogP contribution is 2.12. The molecule has 0 aliphatic rings. The van der Waals surface area contributed by atoms with Gasteiger partial charge in [0.15, 0.2) is 18.0 Å². The molecule has 1 atom stereocenters. The minimum Gasteiger partial charge on any atom is -0.426 e. The Morgan fingerprint density at radius 2 is 1.76 bits per heavy atom. The number of rotatable bonds is 5. The standard InChI is InChI=1S/C12H10O5/c1-8(14)11(10(15)7-13)12(16)17-9-5-3-2-4-6-9/h2-7,11H,1H3. The number of ether oxygens (including phenoxy) is 1. The molecule has 0 spiro atoms. The fourth-order valence-corrected chi connectivity index (χ4v) is 1.21. The van der Waals surface area contributed by atoms with E-state index in [2.05, 4.69) is 0 Å². The van der Waals surface area contributed by atoms with E-state index in [1.165, 1.54) is 12.1 Å². The van der Waals surface area contributed by atoms with Crippen molar-refractivity contribution < 1.29 is 23.9 Å². The van der Waals surface area contributed by atoms with E-state index in [1.807, 2.05) is 0 Å². The summed E-state index contributed by atoms with van der Waals surface area (Å²) in [5, 5.41) is 0. The molecule has 0 saturated carbocycles. The number of hydrogen-bond donors (Lipinski definition) is 0. The first-order valence-corrected chi connectivity index (χ1v) is 4.82. The number of hydrogen-bond acceptors (Lipinski definition) is 5. The number of para-hydroxylation sites is 1. The Morgan fingerprint density at radius 3 is 2.24 bits per heavy atom. The van der Waals surface area contributed by atoms with Crippen LogP contribution in [0.5, 0.6) is 5.75 Å². The molecule has 0 saturated heterocycles. The Morgan fingerprint density at radius 1 is 1.18 bits per heavy atom. The number of benzene rings is 1. The van der Waals surface area contributed by atoms with Crippen molar-refractivity contribution in [2.45, 2.75) is 6.92 Å². The molecule has 17 heavy (non-hydrogen) atoms. The molecule has 0 N–H and O–H groups in total. The van der Waals surface area contributed by atoms with E-state index in [9.17, 15) is 19.2 Å². The monoisotopic (exact) mass is 234 g/mol. The van der Waals surface area contributed by atoms with Crippen LogP contribution in [0.3, 0.4) is 0 Å². The van der Waals surface area contributed by atoms with Gasteiger partial charge in [-0.1, -0.05) is 18.2 Å². The molecule has 1 rings (SSSR count). The molecule has 1 unspecified atom stereocenters. The van der Waals surface area contributed by atoms with Crippen LogP contribution in [0.2, 0.25) is 0 Å². The summed E-state index contributed by atoms with van der Waals surface area (Å²) >= 11 is 0. The SMILES string of the molecule is CC(=O)C(C(=O)C=O)C(=O)Oc1ccccc1. The van der Waals surface area contributed by atoms with Crippen LogP contribution in [0, 0.1) is 5.92 Å². The summed E-state index contributed by atoms with van der Waals surface area (Å²) in [5.41, 5.74) is 0. The van der Waals surface area contributed by atoms with Crippen molar-refractivity contribution in [1.82, 2.24) is 0 Å². The molecular formula is C12H10O5. The molecule has 0 aliphatic heterocycles. The van der Waals surface area contributed by atoms with E-state index >= 15 is 0 Å². The van der Waals surface area contributed by atoms with Crippen molar-refractivity contribution in [2.24, 2.45) is 5.92 Å². The minimum absolute atomic E-state index is 0.0572. The quantitative estimate of drug-likeness (QED) is 0.244. The summed E-state index contributed by atoms with van der Waals surface area (Å²) < 4.78 is 4.82. The lowest BCUT2D eigenvalue weighted by atomic mass is 10.0. The van der Waals surface area contributed by atoms with Crippen LogP contribution in [0.4, 0.5) is 0 Å². The molecule has 5 nitrogen and oxygen atoms in total. The smallest absolute Gasteiger partial charge is 0.330 e. The maximum atomic E-state index is 11.5. The van der Waals surface area contributed by atoms with E-state index in [4.69, 9.17) is 4.74 Å². The summed E-state index contributed by atoms with van der Waals surface area (Å²) in [5.74, 6) is -4.32. The van der Waals surface area contributed by atoms with Gasteiger partial charge in [0.25, 0.3) is 0 Å². The van der Waals surface area contributed by atoms with Gasteiger partial charge in [0.1, 0.15) is 5.75 Å². The van der Waals surface area contributed by atoms with Crippen LogP contribution in [-0.4, -0.2) is 23.8 Å². The summed E-state index contributed by atoms with van der Waals surface area (Å²) in [4.78, 5) is 44.0. The number of esters is 1. The summed E-state index contributed by atoms with van der Waals surface area (Å²) in [6, 6.07) is 7.98. The number of aldehydes is 1. The summed E-state index contributed by atoms with van der Waals surface area (Å²) in [6.45, 7) is 1.05. The van der Waals surface area contributed by atoms with Crippen molar-refractivity contribution >= 4 is 23.8 Å². The number of carbonyl (C=O) groups excluding carboxylic acids is 4. The van der Waals surface area contributed by atoms with Crippen molar-refractivity contribution in [3.05, 3.63) is 30.3 Å². The van der Waals surface area contributed by atoms with Crippen LogP contribution >= 0.6 is 0 Å². The average Bonchev–Trinajstić information content (AvgIpc) is 2.29. The van der Waals surface area contributed by atoms with E-state index in [-0.39, 0.29) is 12.0 Å². The van der Waals surface area contributed by atoms with E-state index in [0.717, 1.165) is 6.92 Å². The topological polar surface area (TPSA) is 77.5 Å². The fourth-order valence-electron chi connectivity index (χ4n) is 1.21. The average molecular weight is 234 g/mol. The normalized spacial score (nSPS) is 11.4. The first-order chi connectivity index (χ1) is 8.06. The molecule has 0 fully saturated rings. The van der Waals surface area contributed by atoms with Gasteiger partial charge >= 0.3 is 5.97 Å². The van der Waals surface area contributed by atoms with Gasteiger partial charge in [0, 0.05) is 0 Å². The fraction of sp³-hybridized carbons (Fsp3) is 0.167. The van der Waals surface area contributed by atoms with E-state index < -0.39 is 23.5 Å².